The molecule has 1 atom stereocenters. The molecule has 0 aliphatic heterocycles. The van der Waals surface area contributed by atoms with Gasteiger partial charge in [0.05, 0.1) is 17.2 Å². The Labute approximate surface area is 206 Å². The van der Waals surface area contributed by atoms with Crippen LogP contribution >= 0.6 is 0 Å². The normalized spacial score (nSPS) is 13.1. The van der Waals surface area contributed by atoms with Crippen LogP contribution < -0.4 is 4.90 Å². The minimum absolute atomic E-state index is 0.0290. The number of nitrogens with zero attached hydrogens (tertiary/aromatic N) is 2. The number of hydrogen-bond acceptors (Lipinski definition) is 9. The minimum Gasteiger partial charge on any atom is -0.443 e. The van der Waals surface area contributed by atoms with Crippen LogP contribution in [0.3, 0.4) is 0 Å². The molecule has 0 radical (unpaired) electrons. The van der Waals surface area contributed by atoms with Crippen molar-refractivity contribution >= 4 is 28.1 Å². The van der Waals surface area contributed by atoms with Crippen LogP contribution in [0.15, 0.2) is 47.4 Å². The van der Waals surface area contributed by atoms with E-state index in [-0.39, 0.29) is 16.4 Å². The van der Waals surface area contributed by atoms with Crippen molar-refractivity contribution in [3.63, 3.8) is 0 Å². The van der Waals surface area contributed by atoms with Gasteiger partial charge in [0, 0.05) is 0 Å². The molecule has 0 aliphatic rings. The molecule has 1 aromatic heterocycles. The zero-order valence-electron chi connectivity index (χ0n) is 20.9. The molecule has 2 aromatic rings. The summed E-state index contributed by atoms with van der Waals surface area (Å²) in [6.07, 6.45) is -3.53. The van der Waals surface area contributed by atoms with Crippen molar-refractivity contribution in [3.05, 3.63) is 53.7 Å². The molecule has 0 saturated heterocycles. The van der Waals surface area contributed by atoms with E-state index in [4.69, 9.17) is 13.7 Å². The number of anilines is 1. The highest BCUT2D eigenvalue weighted by Crippen LogP contribution is 2.23. The molecular weight excluding hydrogens is 476 g/mol. The highest BCUT2D eigenvalue weighted by Gasteiger charge is 2.34. The molecule has 0 saturated carbocycles. The standard InChI is InChI=1S/C24H32N2O8S/c1-16-11-13-17(14-12-16)35(30,31)32-15-19(27)18-9-8-10-20(25-18)26(21(28)33-23(2,3)4)22(29)34-24(5,6)7/h8-14,19,27H,15H2,1-7H3. The van der Waals surface area contributed by atoms with Gasteiger partial charge in [-0.05, 0) is 72.7 Å². The lowest BCUT2D eigenvalue weighted by Gasteiger charge is -2.28. The van der Waals surface area contributed by atoms with Gasteiger partial charge in [0.1, 0.15) is 23.1 Å². The Bertz CT molecular complexity index is 1120. The smallest absolute Gasteiger partial charge is 0.425 e. The minimum atomic E-state index is -4.12. The number of imide groups is 1. The Morgan fingerprint density at radius 2 is 1.46 bits per heavy atom. The highest BCUT2D eigenvalue weighted by molar-refractivity contribution is 7.86. The second-order valence-electron chi connectivity index (χ2n) is 9.78. The number of ether oxygens (including phenoxy) is 2. The Morgan fingerprint density at radius 3 is 1.94 bits per heavy atom. The first kappa shape index (κ1) is 28.2. The van der Waals surface area contributed by atoms with Gasteiger partial charge in [0.2, 0.25) is 0 Å². The third kappa shape index (κ3) is 8.61. The van der Waals surface area contributed by atoms with Gasteiger partial charge >= 0.3 is 12.2 Å². The number of aliphatic hydroxyl groups excluding tert-OH is 1. The van der Waals surface area contributed by atoms with E-state index < -0.39 is 46.2 Å². The van der Waals surface area contributed by atoms with E-state index in [1.807, 2.05) is 6.92 Å². The first-order chi connectivity index (χ1) is 16.0. The van der Waals surface area contributed by atoms with Gasteiger partial charge in [-0.15, -0.1) is 0 Å². The maximum absolute atomic E-state index is 12.8. The van der Waals surface area contributed by atoms with Gasteiger partial charge in [0.15, 0.2) is 0 Å². The zero-order chi connectivity index (χ0) is 26.6. The fraction of sp³-hybridized carbons (Fsp3) is 0.458. The fourth-order valence-corrected chi connectivity index (χ4v) is 3.55. The molecule has 0 aliphatic carbocycles. The van der Waals surface area contributed by atoms with Crippen LogP contribution in [-0.2, 0) is 23.8 Å². The average Bonchev–Trinajstić information content (AvgIpc) is 2.70. The lowest BCUT2D eigenvalue weighted by Crippen LogP contribution is -2.44. The molecule has 1 unspecified atom stereocenters. The maximum atomic E-state index is 12.8. The van der Waals surface area contributed by atoms with Gasteiger partial charge in [-0.3, -0.25) is 4.18 Å². The number of carbonyl (C=O) groups excluding carboxylic acids is 2. The molecule has 11 heteroatoms. The molecule has 10 nitrogen and oxygen atoms in total. The number of carbonyl (C=O) groups is 2. The SMILES string of the molecule is Cc1ccc(S(=O)(=O)OCC(O)c2cccc(N(C(=O)OC(C)(C)C)C(=O)OC(C)(C)C)n2)cc1. The van der Waals surface area contributed by atoms with Crippen molar-refractivity contribution in [2.75, 3.05) is 11.5 Å². The summed E-state index contributed by atoms with van der Waals surface area (Å²) < 4.78 is 40.5. The summed E-state index contributed by atoms with van der Waals surface area (Å²) in [4.78, 5) is 30.3. The number of rotatable bonds is 6. The zero-order valence-corrected chi connectivity index (χ0v) is 21.8. The van der Waals surface area contributed by atoms with Crippen LogP contribution in [0.5, 0.6) is 0 Å². The molecule has 35 heavy (non-hydrogen) atoms. The molecule has 0 fully saturated rings. The number of aryl methyl sites for hydroxylation is 1. The number of amides is 2. The second-order valence-corrected chi connectivity index (χ2v) is 11.4. The molecule has 1 aromatic carbocycles. The number of aromatic nitrogens is 1. The van der Waals surface area contributed by atoms with Crippen LogP contribution in [0, 0.1) is 6.92 Å². The predicted molar refractivity (Wildman–Crippen MR) is 128 cm³/mol. The summed E-state index contributed by atoms with van der Waals surface area (Å²) in [5, 5.41) is 10.5. The van der Waals surface area contributed by atoms with Crippen molar-refractivity contribution in [2.45, 2.75) is 70.7 Å². The summed E-state index contributed by atoms with van der Waals surface area (Å²) >= 11 is 0. The summed E-state index contributed by atoms with van der Waals surface area (Å²) in [6, 6.07) is 10.2. The largest absolute Gasteiger partial charge is 0.443 e. The monoisotopic (exact) mass is 508 g/mol. The molecule has 1 heterocycles. The van der Waals surface area contributed by atoms with E-state index in [0.717, 1.165) is 5.56 Å². The van der Waals surface area contributed by atoms with Crippen LogP contribution in [0.4, 0.5) is 15.4 Å². The number of hydrogen-bond donors (Lipinski definition) is 1. The topological polar surface area (TPSA) is 132 Å². The molecule has 2 rings (SSSR count). The molecule has 2 amide bonds. The molecule has 192 valence electrons. The Morgan fingerprint density at radius 1 is 0.943 bits per heavy atom. The molecule has 0 bridgehead atoms. The summed E-state index contributed by atoms with van der Waals surface area (Å²) in [5.74, 6) is -0.175. The third-order valence-corrected chi connectivity index (χ3v) is 5.47. The van der Waals surface area contributed by atoms with Crippen molar-refractivity contribution in [3.8, 4) is 0 Å². The van der Waals surface area contributed by atoms with Crippen LogP contribution in [0.1, 0.15) is 58.9 Å². The van der Waals surface area contributed by atoms with E-state index in [9.17, 15) is 23.1 Å². The van der Waals surface area contributed by atoms with Crippen LogP contribution in [0.2, 0.25) is 0 Å². The van der Waals surface area contributed by atoms with Gasteiger partial charge in [-0.25, -0.2) is 14.6 Å². The lowest BCUT2D eigenvalue weighted by molar-refractivity contribution is 0.0428. The van der Waals surface area contributed by atoms with Gasteiger partial charge in [-0.1, -0.05) is 23.8 Å². The van der Waals surface area contributed by atoms with E-state index in [0.29, 0.717) is 4.90 Å². The maximum Gasteiger partial charge on any atom is 0.425 e. The van der Waals surface area contributed by atoms with Crippen LogP contribution in [-0.4, -0.2) is 48.5 Å². The quantitative estimate of drug-likeness (QED) is 0.560. The summed E-state index contributed by atoms with van der Waals surface area (Å²) in [5.41, 5.74) is -0.970. The number of pyridine rings is 1. The number of aliphatic hydroxyl groups is 1. The predicted octanol–water partition coefficient (Wildman–Crippen LogP) is 4.51. The molecular formula is C24H32N2O8S. The first-order valence-electron chi connectivity index (χ1n) is 10.9. The Hall–Kier alpha value is -3.02. The van der Waals surface area contributed by atoms with Gasteiger partial charge in [-0.2, -0.15) is 13.3 Å². The van der Waals surface area contributed by atoms with Gasteiger partial charge < -0.3 is 14.6 Å². The van der Waals surface area contributed by atoms with Crippen LogP contribution in [0.25, 0.3) is 0 Å². The molecule has 1 N–H and O–H groups in total. The highest BCUT2D eigenvalue weighted by atomic mass is 32.2. The number of benzene rings is 1. The fourth-order valence-electron chi connectivity index (χ4n) is 2.64. The summed E-state index contributed by atoms with van der Waals surface area (Å²) in [6.45, 7) is 11.0. The second kappa shape index (κ2) is 10.7. The van der Waals surface area contributed by atoms with Crippen molar-refractivity contribution in [1.82, 2.24) is 4.98 Å². The van der Waals surface area contributed by atoms with E-state index >= 15 is 0 Å². The lowest BCUT2D eigenvalue weighted by atomic mass is 10.2. The Balaban J connectivity index is 2.28. The van der Waals surface area contributed by atoms with Crippen molar-refractivity contribution in [1.29, 1.82) is 0 Å². The van der Waals surface area contributed by atoms with E-state index in [2.05, 4.69) is 4.98 Å². The first-order valence-corrected chi connectivity index (χ1v) is 12.3. The van der Waals surface area contributed by atoms with Crippen molar-refractivity contribution in [2.24, 2.45) is 0 Å². The average molecular weight is 509 g/mol. The Kier molecular flexibility index (Phi) is 8.64. The molecule has 0 spiro atoms. The third-order valence-electron chi connectivity index (χ3n) is 4.17. The van der Waals surface area contributed by atoms with E-state index in [1.165, 1.54) is 30.3 Å². The van der Waals surface area contributed by atoms with Gasteiger partial charge in [0.25, 0.3) is 10.1 Å². The summed E-state index contributed by atoms with van der Waals surface area (Å²) in [7, 11) is -4.12. The van der Waals surface area contributed by atoms with Crippen molar-refractivity contribution < 1.29 is 36.8 Å². The van der Waals surface area contributed by atoms with E-state index in [1.54, 1.807) is 53.7 Å².